The summed E-state index contributed by atoms with van der Waals surface area (Å²) >= 11 is 0. The molecule has 0 saturated carbocycles. The first-order valence-corrected chi connectivity index (χ1v) is 5.44. The highest BCUT2D eigenvalue weighted by Crippen LogP contribution is 2.21. The Morgan fingerprint density at radius 1 is 1.35 bits per heavy atom. The summed E-state index contributed by atoms with van der Waals surface area (Å²) in [5.41, 5.74) is -1.82. The van der Waals surface area contributed by atoms with Crippen molar-refractivity contribution >= 4 is 17.6 Å². The van der Waals surface area contributed by atoms with Crippen LogP contribution in [-0.2, 0) is 9.53 Å². The lowest BCUT2D eigenvalue weighted by Gasteiger charge is -2.06. The third-order valence-corrected chi connectivity index (χ3v) is 2.18. The smallest absolute Gasteiger partial charge is 0.325 e. The maximum atomic E-state index is 13.5. The van der Waals surface area contributed by atoms with E-state index in [1.54, 1.807) is 6.92 Å². The van der Waals surface area contributed by atoms with Gasteiger partial charge >= 0.3 is 11.7 Å². The Morgan fingerprint density at radius 2 is 2.00 bits per heavy atom. The monoisotopic (exact) mass is 288 g/mol. The number of carbonyl (C=O) groups excluding carboxylic acids is 2. The second kappa shape index (κ2) is 6.55. The largest absolute Gasteiger partial charge is 0.465 e. The number of rotatable bonds is 5. The molecule has 0 aromatic heterocycles. The molecule has 1 N–H and O–H groups in total. The summed E-state index contributed by atoms with van der Waals surface area (Å²) in [6.45, 7) is 1.14. The van der Waals surface area contributed by atoms with E-state index in [0.29, 0.717) is 12.1 Å². The highest BCUT2D eigenvalue weighted by molar-refractivity contribution is 5.96. The minimum absolute atomic E-state index is 0.106. The van der Waals surface area contributed by atoms with Crippen molar-refractivity contribution in [3.8, 4) is 0 Å². The molecule has 7 nitrogen and oxygen atoms in total. The number of nitro groups is 1. The second-order valence-corrected chi connectivity index (χ2v) is 3.53. The molecule has 0 aliphatic heterocycles. The molecule has 0 saturated heterocycles. The van der Waals surface area contributed by atoms with E-state index in [1.807, 2.05) is 5.32 Å². The standard InChI is InChI=1S/C11H10F2N2O5/c1-2-20-10(16)5-14-11(17)6-3-8(13)9(15(18)19)4-7(6)12/h3-4H,2,5H2,1H3,(H,14,17). The van der Waals surface area contributed by atoms with Gasteiger partial charge in [-0.05, 0) is 13.0 Å². The van der Waals surface area contributed by atoms with Crippen LogP contribution in [0.25, 0.3) is 0 Å². The summed E-state index contributed by atoms with van der Waals surface area (Å²) in [6, 6.07) is 0.697. The third kappa shape index (κ3) is 3.70. The summed E-state index contributed by atoms with van der Waals surface area (Å²) in [5, 5.41) is 12.4. The van der Waals surface area contributed by atoms with Gasteiger partial charge in [0.05, 0.1) is 23.2 Å². The van der Waals surface area contributed by atoms with Gasteiger partial charge in [0.2, 0.25) is 5.82 Å². The lowest BCUT2D eigenvalue weighted by atomic mass is 10.1. The van der Waals surface area contributed by atoms with Crippen molar-refractivity contribution in [1.82, 2.24) is 5.32 Å². The second-order valence-electron chi connectivity index (χ2n) is 3.53. The van der Waals surface area contributed by atoms with Crippen LogP contribution >= 0.6 is 0 Å². The van der Waals surface area contributed by atoms with E-state index < -0.39 is 46.2 Å². The van der Waals surface area contributed by atoms with E-state index in [2.05, 4.69) is 4.74 Å². The SMILES string of the molecule is CCOC(=O)CNC(=O)c1cc(F)c([N+](=O)[O-])cc1F. The molecule has 1 aromatic rings. The summed E-state index contributed by atoms with van der Waals surface area (Å²) < 4.78 is 31.3. The Kier molecular flexibility index (Phi) is 5.07. The van der Waals surface area contributed by atoms with E-state index in [9.17, 15) is 28.5 Å². The topological polar surface area (TPSA) is 98.5 Å². The van der Waals surface area contributed by atoms with E-state index >= 15 is 0 Å². The van der Waals surface area contributed by atoms with Crippen LogP contribution in [0.4, 0.5) is 14.5 Å². The Balaban J connectivity index is 2.86. The molecule has 9 heteroatoms. The van der Waals surface area contributed by atoms with Gasteiger partial charge in [-0.15, -0.1) is 0 Å². The number of carbonyl (C=O) groups is 2. The fourth-order valence-corrected chi connectivity index (χ4v) is 1.31. The van der Waals surface area contributed by atoms with Gasteiger partial charge in [-0.2, -0.15) is 4.39 Å². The molecule has 1 aromatic carbocycles. The Bertz CT molecular complexity index is 562. The molecule has 0 heterocycles. The van der Waals surface area contributed by atoms with E-state index in [0.717, 1.165) is 0 Å². The van der Waals surface area contributed by atoms with Crippen molar-refractivity contribution in [3.63, 3.8) is 0 Å². The molecule has 1 amide bonds. The molecular formula is C11H10F2N2O5. The highest BCUT2D eigenvalue weighted by atomic mass is 19.1. The molecule has 0 unspecified atom stereocenters. The normalized spacial score (nSPS) is 9.95. The van der Waals surface area contributed by atoms with Gasteiger partial charge in [0.1, 0.15) is 12.4 Å². The summed E-state index contributed by atoms with van der Waals surface area (Å²) in [4.78, 5) is 31.8. The first kappa shape index (κ1) is 15.5. The number of hydrogen-bond acceptors (Lipinski definition) is 5. The van der Waals surface area contributed by atoms with Gasteiger partial charge in [0, 0.05) is 0 Å². The lowest BCUT2D eigenvalue weighted by Crippen LogP contribution is -2.31. The number of benzene rings is 1. The van der Waals surface area contributed by atoms with E-state index in [4.69, 9.17) is 0 Å². The quantitative estimate of drug-likeness (QED) is 0.498. The van der Waals surface area contributed by atoms with Crippen LogP contribution in [-0.4, -0.2) is 30.0 Å². The first-order chi connectivity index (χ1) is 9.36. The number of amides is 1. The van der Waals surface area contributed by atoms with Gasteiger partial charge in [-0.25, -0.2) is 4.39 Å². The molecule has 0 atom stereocenters. The molecule has 108 valence electrons. The number of ether oxygens (including phenoxy) is 1. The molecule has 1 rings (SSSR count). The Morgan fingerprint density at radius 3 is 2.55 bits per heavy atom. The van der Waals surface area contributed by atoms with Crippen LogP contribution in [0.2, 0.25) is 0 Å². The predicted octanol–water partition coefficient (Wildman–Crippen LogP) is 1.17. The summed E-state index contributed by atoms with van der Waals surface area (Å²) in [6.07, 6.45) is 0. The van der Waals surface area contributed by atoms with Crippen molar-refractivity contribution in [1.29, 1.82) is 0 Å². The van der Waals surface area contributed by atoms with E-state index in [1.165, 1.54) is 0 Å². The van der Waals surface area contributed by atoms with Crippen molar-refractivity contribution in [2.75, 3.05) is 13.2 Å². The van der Waals surface area contributed by atoms with Crippen LogP contribution in [0, 0.1) is 21.7 Å². The van der Waals surface area contributed by atoms with E-state index in [-0.39, 0.29) is 6.61 Å². The Labute approximate surface area is 111 Å². The number of esters is 1. The number of hydrogen-bond donors (Lipinski definition) is 1. The van der Waals surface area contributed by atoms with Crippen molar-refractivity contribution in [3.05, 3.63) is 39.4 Å². The van der Waals surface area contributed by atoms with Gasteiger partial charge in [0.15, 0.2) is 0 Å². The molecular weight excluding hydrogens is 278 g/mol. The molecule has 0 radical (unpaired) electrons. The summed E-state index contributed by atoms with van der Waals surface area (Å²) in [7, 11) is 0. The minimum Gasteiger partial charge on any atom is -0.465 e. The minimum atomic E-state index is -1.35. The zero-order valence-electron chi connectivity index (χ0n) is 10.3. The van der Waals surface area contributed by atoms with Gasteiger partial charge < -0.3 is 10.1 Å². The van der Waals surface area contributed by atoms with Gasteiger partial charge in [0.25, 0.3) is 5.91 Å². The third-order valence-electron chi connectivity index (χ3n) is 2.18. The van der Waals surface area contributed by atoms with Crippen molar-refractivity contribution < 1.29 is 28.0 Å². The zero-order valence-corrected chi connectivity index (χ0v) is 10.3. The molecule has 0 bridgehead atoms. The zero-order chi connectivity index (χ0) is 15.3. The average Bonchev–Trinajstić information content (AvgIpc) is 2.38. The van der Waals surface area contributed by atoms with Crippen LogP contribution in [0.5, 0.6) is 0 Å². The van der Waals surface area contributed by atoms with Crippen LogP contribution in [0.1, 0.15) is 17.3 Å². The van der Waals surface area contributed by atoms with Crippen molar-refractivity contribution in [2.45, 2.75) is 6.92 Å². The average molecular weight is 288 g/mol. The Hall–Kier alpha value is -2.58. The first-order valence-electron chi connectivity index (χ1n) is 5.44. The maximum absolute atomic E-state index is 13.5. The molecule has 20 heavy (non-hydrogen) atoms. The molecule has 0 aliphatic carbocycles. The number of nitrogens with one attached hydrogen (secondary N) is 1. The fraction of sp³-hybridized carbons (Fsp3) is 0.273. The number of nitrogens with zero attached hydrogens (tertiary/aromatic N) is 1. The van der Waals surface area contributed by atoms with Crippen molar-refractivity contribution in [2.24, 2.45) is 0 Å². The summed E-state index contributed by atoms with van der Waals surface area (Å²) in [5.74, 6) is -4.44. The number of nitro benzene ring substituents is 1. The van der Waals surface area contributed by atoms with Gasteiger partial charge in [-0.1, -0.05) is 0 Å². The van der Waals surface area contributed by atoms with Crippen LogP contribution < -0.4 is 5.32 Å². The lowest BCUT2D eigenvalue weighted by molar-refractivity contribution is -0.387. The van der Waals surface area contributed by atoms with Gasteiger partial charge in [-0.3, -0.25) is 19.7 Å². The molecule has 0 spiro atoms. The number of halogens is 2. The predicted molar refractivity (Wildman–Crippen MR) is 62.0 cm³/mol. The maximum Gasteiger partial charge on any atom is 0.325 e. The van der Waals surface area contributed by atoms with Crippen LogP contribution in [0.3, 0.4) is 0 Å². The molecule has 0 fully saturated rings. The van der Waals surface area contributed by atoms with Crippen LogP contribution in [0.15, 0.2) is 12.1 Å². The highest BCUT2D eigenvalue weighted by Gasteiger charge is 2.22. The fourth-order valence-electron chi connectivity index (χ4n) is 1.31. The molecule has 0 aliphatic rings.